The molecule has 1 saturated carbocycles. The lowest BCUT2D eigenvalue weighted by Crippen LogP contribution is -2.44. The quantitative estimate of drug-likeness (QED) is 0.422. The minimum absolute atomic E-state index is 0.0162. The van der Waals surface area contributed by atoms with Crippen molar-refractivity contribution in [3.05, 3.63) is 12.2 Å². The van der Waals surface area contributed by atoms with Crippen LogP contribution in [0, 0.1) is 5.92 Å². The summed E-state index contributed by atoms with van der Waals surface area (Å²) in [6.45, 7) is 0. The van der Waals surface area contributed by atoms with Gasteiger partial charge in [-0.05, 0) is 19.3 Å². The standard InChI is InChI=1S/C10H12O3/c11-9-12-8-5-1-3-7-4-2-6-10(7,8)13-9/h1,3,7-8H,2,4-6H2/t7-,8+,10-/m0/s1. The third kappa shape index (κ3) is 0.820. The average Bonchev–Trinajstić information content (AvgIpc) is 2.61. The molecule has 0 amide bonds. The Hall–Kier alpha value is -0.990. The zero-order valence-electron chi connectivity index (χ0n) is 7.36. The molecule has 0 N–H and O–H groups in total. The van der Waals surface area contributed by atoms with Gasteiger partial charge in [-0.2, -0.15) is 0 Å². The van der Waals surface area contributed by atoms with Crippen LogP contribution in [-0.4, -0.2) is 17.9 Å². The highest BCUT2D eigenvalue weighted by molar-refractivity contribution is 5.64. The molecule has 0 unspecified atom stereocenters. The summed E-state index contributed by atoms with van der Waals surface area (Å²) in [6.07, 6.45) is 7.87. The van der Waals surface area contributed by atoms with E-state index >= 15 is 0 Å². The zero-order chi connectivity index (χ0) is 8.89. The van der Waals surface area contributed by atoms with Crippen LogP contribution in [-0.2, 0) is 9.47 Å². The van der Waals surface area contributed by atoms with Crippen LogP contribution < -0.4 is 0 Å². The molecule has 1 aliphatic heterocycles. The number of carbonyl (C=O) groups is 1. The molecule has 0 aromatic rings. The highest BCUT2D eigenvalue weighted by atomic mass is 16.8. The first-order valence-electron chi connectivity index (χ1n) is 4.87. The molecule has 2 aliphatic carbocycles. The van der Waals surface area contributed by atoms with Crippen molar-refractivity contribution in [1.82, 2.24) is 0 Å². The lowest BCUT2D eigenvalue weighted by molar-refractivity contribution is 0.00483. The number of hydrogen-bond donors (Lipinski definition) is 0. The summed E-state index contributed by atoms with van der Waals surface area (Å²) < 4.78 is 10.5. The molecular formula is C10H12O3. The van der Waals surface area contributed by atoms with Crippen molar-refractivity contribution in [2.75, 3.05) is 0 Å². The van der Waals surface area contributed by atoms with E-state index in [-0.39, 0.29) is 11.7 Å². The summed E-state index contributed by atoms with van der Waals surface area (Å²) in [5, 5.41) is 0. The monoisotopic (exact) mass is 180 g/mol. The second kappa shape index (κ2) is 2.28. The summed E-state index contributed by atoms with van der Waals surface area (Å²) in [5.41, 5.74) is -0.286. The van der Waals surface area contributed by atoms with Crippen molar-refractivity contribution in [2.45, 2.75) is 37.4 Å². The van der Waals surface area contributed by atoms with Crippen LogP contribution >= 0.6 is 0 Å². The molecule has 1 heterocycles. The maximum Gasteiger partial charge on any atom is 0.509 e. The third-order valence-corrected chi connectivity index (χ3v) is 3.49. The first-order valence-corrected chi connectivity index (χ1v) is 4.87. The van der Waals surface area contributed by atoms with Gasteiger partial charge < -0.3 is 9.47 Å². The lowest BCUT2D eigenvalue weighted by Gasteiger charge is -2.33. The summed E-state index contributed by atoms with van der Waals surface area (Å²) in [5.74, 6) is 0.401. The largest absolute Gasteiger partial charge is 0.509 e. The van der Waals surface area contributed by atoms with E-state index in [0.717, 1.165) is 25.7 Å². The minimum atomic E-state index is -0.472. The number of hydrogen-bond acceptors (Lipinski definition) is 3. The first kappa shape index (κ1) is 7.42. The van der Waals surface area contributed by atoms with Crippen molar-refractivity contribution in [3.63, 3.8) is 0 Å². The molecule has 0 aromatic heterocycles. The summed E-state index contributed by atoms with van der Waals surface area (Å²) in [6, 6.07) is 0. The molecule has 0 aromatic carbocycles. The maximum absolute atomic E-state index is 11.1. The van der Waals surface area contributed by atoms with Crippen LogP contribution in [0.1, 0.15) is 25.7 Å². The van der Waals surface area contributed by atoms with Gasteiger partial charge in [-0.25, -0.2) is 4.79 Å². The summed E-state index contributed by atoms with van der Waals surface area (Å²) >= 11 is 0. The molecule has 0 radical (unpaired) electrons. The number of carbonyl (C=O) groups excluding carboxylic acids is 1. The van der Waals surface area contributed by atoms with Gasteiger partial charge in [0, 0.05) is 12.3 Å². The fourth-order valence-electron chi connectivity index (χ4n) is 2.89. The van der Waals surface area contributed by atoms with Crippen molar-refractivity contribution in [2.24, 2.45) is 5.92 Å². The Balaban J connectivity index is 2.02. The first-order chi connectivity index (χ1) is 6.31. The predicted molar refractivity (Wildman–Crippen MR) is 45.2 cm³/mol. The van der Waals surface area contributed by atoms with Gasteiger partial charge in [-0.1, -0.05) is 12.2 Å². The lowest BCUT2D eigenvalue weighted by atomic mass is 9.80. The van der Waals surface area contributed by atoms with Gasteiger partial charge in [0.25, 0.3) is 0 Å². The molecule has 3 heteroatoms. The van der Waals surface area contributed by atoms with E-state index in [1.807, 2.05) is 0 Å². The van der Waals surface area contributed by atoms with Gasteiger partial charge in [0.05, 0.1) is 0 Å². The van der Waals surface area contributed by atoms with Gasteiger partial charge in [-0.15, -0.1) is 0 Å². The van der Waals surface area contributed by atoms with E-state index in [0.29, 0.717) is 5.92 Å². The fraction of sp³-hybridized carbons (Fsp3) is 0.700. The van der Waals surface area contributed by atoms with Gasteiger partial charge in [0.2, 0.25) is 0 Å². The van der Waals surface area contributed by atoms with E-state index in [2.05, 4.69) is 12.2 Å². The molecule has 1 saturated heterocycles. The van der Waals surface area contributed by atoms with Crippen LogP contribution in [0.3, 0.4) is 0 Å². The summed E-state index contributed by atoms with van der Waals surface area (Å²) in [4.78, 5) is 11.1. The highest BCUT2D eigenvalue weighted by Crippen LogP contribution is 2.49. The third-order valence-electron chi connectivity index (χ3n) is 3.49. The second-order valence-electron chi connectivity index (χ2n) is 4.08. The van der Waals surface area contributed by atoms with Gasteiger partial charge >= 0.3 is 6.16 Å². The Labute approximate surface area is 76.7 Å². The molecule has 70 valence electrons. The Bertz CT molecular complexity index is 284. The normalized spacial score (nSPS) is 46.6. The van der Waals surface area contributed by atoms with Gasteiger partial charge in [0.1, 0.15) is 6.10 Å². The number of ether oxygens (including phenoxy) is 2. The molecule has 1 spiro atoms. The average molecular weight is 180 g/mol. The second-order valence-corrected chi connectivity index (χ2v) is 4.08. The Morgan fingerprint density at radius 2 is 2.46 bits per heavy atom. The van der Waals surface area contributed by atoms with E-state index < -0.39 is 6.16 Å². The smallest absolute Gasteiger partial charge is 0.426 e. The summed E-state index contributed by atoms with van der Waals surface area (Å²) in [7, 11) is 0. The fourth-order valence-corrected chi connectivity index (χ4v) is 2.89. The highest BCUT2D eigenvalue weighted by Gasteiger charge is 2.58. The van der Waals surface area contributed by atoms with Crippen LogP contribution in [0.4, 0.5) is 4.79 Å². The molecule has 3 aliphatic rings. The molecular weight excluding hydrogens is 168 g/mol. The van der Waals surface area contributed by atoms with Crippen molar-refractivity contribution >= 4 is 6.16 Å². The van der Waals surface area contributed by atoms with Crippen molar-refractivity contribution in [3.8, 4) is 0 Å². The Morgan fingerprint density at radius 3 is 3.38 bits per heavy atom. The molecule has 3 rings (SSSR count). The van der Waals surface area contributed by atoms with Crippen LogP contribution in [0.5, 0.6) is 0 Å². The van der Waals surface area contributed by atoms with E-state index in [4.69, 9.17) is 9.47 Å². The van der Waals surface area contributed by atoms with E-state index in [9.17, 15) is 4.79 Å². The number of rotatable bonds is 0. The van der Waals surface area contributed by atoms with Crippen molar-refractivity contribution in [1.29, 1.82) is 0 Å². The molecule has 0 bridgehead atoms. The Kier molecular flexibility index (Phi) is 1.30. The van der Waals surface area contributed by atoms with Crippen LogP contribution in [0.2, 0.25) is 0 Å². The maximum atomic E-state index is 11.1. The van der Waals surface area contributed by atoms with Crippen LogP contribution in [0.25, 0.3) is 0 Å². The van der Waals surface area contributed by atoms with Gasteiger partial charge in [0.15, 0.2) is 5.60 Å². The SMILES string of the molecule is O=C1O[C@@H]2CC=C[C@H]3CCC[C@]32O1. The van der Waals surface area contributed by atoms with Crippen molar-refractivity contribution < 1.29 is 14.3 Å². The molecule has 13 heavy (non-hydrogen) atoms. The van der Waals surface area contributed by atoms with E-state index in [1.54, 1.807) is 0 Å². The minimum Gasteiger partial charge on any atom is -0.426 e. The van der Waals surface area contributed by atoms with Gasteiger partial charge in [-0.3, -0.25) is 0 Å². The molecule has 3 nitrogen and oxygen atoms in total. The van der Waals surface area contributed by atoms with Crippen LogP contribution in [0.15, 0.2) is 12.2 Å². The Morgan fingerprint density at radius 1 is 1.54 bits per heavy atom. The topological polar surface area (TPSA) is 35.5 Å². The van der Waals surface area contributed by atoms with E-state index in [1.165, 1.54) is 0 Å². The zero-order valence-corrected chi connectivity index (χ0v) is 7.36. The predicted octanol–water partition coefficient (Wildman–Crippen LogP) is 2.02. The molecule has 2 fully saturated rings. The molecule has 3 atom stereocenters.